The van der Waals surface area contributed by atoms with E-state index in [1.165, 1.54) is 0 Å². The molecule has 18 heavy (non-hydrogen) atoms. The van der Waals surface area contributed by atoms with Crippen LogP contribution in [0.4, 0.5) is 5.69 Å². The lowest BCUT2D eigenvalue weighted by atomic mass is 10.0. The maximum atomic E-state index is 11.2. The van der Waals surface area contributed by atoms with Crippen LogP contribution in [0.5, 0.6) is 0 Å². The van der Waals surface area contributed by atoms with Crippen LogP contribution in [-0.4, -0.2) is 5.91 Å². The van der Waals surface area contributed by atoms with E-state index in [0.29, 0.717) is 5.56 Å². The third-order valence-electron chi connectivity index (χ3n) is 3.16. The Balaban J connectivity index is 2.38. The van der Waals surface area contributed by atoms with Gasteiger partial charge in [0.15, 0.2) is 0 Å². The van der Waals surface area contributed by atoms with E-state index >= 15 is 0 Å². The first kappa shape index (κ1) is 10.6. The van der Waals surface area contributed by atoms with Gasteiger partial charge in [-0.3, -0.25) is 4.79 Å². The van der Waals surface area contributed by atoms with Gasteiger partial charge >= 0.3 is 0 Å². The second-order valence-electron chi connectivity index (χ2n) is 4.35. The lowest BCUT2D eigenvalue weighted by Gasteiger charge is -2.06. The minimum atomic E-state index is -0.412. The van der Waals surface area contributed by atoms with Crippen LogP contribution < -0.4 is 11.5 Å². The Morgan fingerprint density at radius 2 is 1.72 bits per heavy atom. The monoisotopic (exact) mass is 236 g/mol. The molecule has 0 aliphatic rings. The summed E-state index contributed by atoms with van der Waals surface area (Å²) in [5.41, 5.74) is 12.5. The van der Waals surface area contributed by atoms with Crippen LogP contribution in [0, 0.1) is 0 Å². The Labute approximate surface area is 104 Å². The van der Waals surface area contributed by atoms with Gasteiger partial charge in [0.2, 0.25) is 5.91 Å². The van der Waals surface area contributed by atoms with Gasteiger partial charge in [0.05, 0.1) is 0 Å². The molecule has 0 aliphatic carbocycles. The van der Waals surface area contributed by atoms with Gasteiger partial charge in [-0.15, -0.1) is 0 Å². The molecular formula is C15H12N2O. The molecule has 1 amide bonds. The molecule has 0 radical (unpaired) electrons. The molecule has 0 unspecified atom stereocenters. The van der Waals surface area contributed by atoms with E-state index in [0.717, 1.165) is 27.2 Å². The number of rotatable bonds is 1. The average Bonchev–Trinajstić information content (AvgIpc) is 2.36. The largest absolute Gasteiger partial charge is 0.398 e. The van der Waals surface area contributed by atoms with Crippen molar-refractivity contribution in [3.63, 3.8) is 0 Å². The summed E-state index contributed by atoms with van der Waals surface area (Å²) in [7, 11) is 0. The number of carbonyl (C=O) groups is 1. The van der Waals surface area contributed by atoms with Crippen LogP contribution in [0.3, 0.4) is 0 Å². The van der Waals surface area contributed by atoms with E-state index in [4.69, 9.17) is 11.5 Å². The van der Waals surface area contributed by atoms with Crippen molar-refractivity contribution in [1.82, 2.24) is 0 Å². The van der Waals surface area contributed by atoms with Gasteiger partial charge in [0, 0.05) is 16.6 Å². The maximum Gasteiger partial charge on any atom is 0.248 e. The molecule has 3 nitrogen and oxygen atoms in total. The number of hydrogen-bond acceptors (Lipinski definition) is 2. The first-order valence-electron chi connectivity index (χ1n) is 5.67. The Bertz CT molecular complexity index is 778. The summed E-state index contributed by atoms with van der Waals surface area (Å²) < 4.78 is 0. The van der Waals surface area contributed by atoms with Crippen LogP contribution >= 0.6 is 0 Å². The summed E-state index contributed by atoms with van der Waals surface area (Å²) in [6.07, 6.45) is 0. The molecule has 4 N–H and O–H groups in total. The molecule has 0 bridgehead atoms. The molecule has 3 aromatic carbocycles. The van der Waals surface area contributed by atoms with Crippen molar-refractivity contribution in [3.8, 4) is 0 Å². The summed E-state index contributed by atoms with van der Waals surface area (Å²) in [6, 6.07) is 15.3. The van der Waals surface area contributed by atoms with Crippen LogP contribution in [-0.2, 0) is 0 Å². The van der Waals surface area contributed by atoms with Crippen molar-refractivity contribution < 1.29 is 4.79 Å². The van der Waals surface area contributed by atoms with Gasteiger partial charge in [0.25, 0.3) is 0 Å². The molecule has 3 heteroatoms. The number of nitrogen functional groups attached to an aromatic ring is 1. The van der Waals surface area contributed by atoms with Gasteiger partial charge < -0.3 is 11.5 Å². The molecule has 0 aliphatic heterocycles. The SMILES string of the molecule is NC(=O)c1ccc2cc3c(N)cccc3cc2c1. The topological polar surface area (TPSA) is 69.1 Å². The number of carbonyl (C=O) groups excluding carboxylic acids is 1. The highest BCUT2D eigenvalue weighted by Gasteiger charge is 2.04. The summed E-state index contributed by atoms with van der Waals surface area (Å²) >= 11 is 0. The zero-order valence-corrected chi connectivity index (χ0v) is 9.68. The summed E-state index contributed by atoms with van der Waals surface area (Å²) in [5, 5.41) is 4.12. The van der Waals surface area contributed by atoms with Gasteiger partial charge in [-0.2, -0.15) is 0 Å². The standard InChI is InChI=1S/C15H12N2O/c16-14-3-1-2-10-6-12-7-11(15(17)18)5-4-9(12)8-13(10)14/h1-8H,16H2,(H2,17,18). The number of anilines is 1. The quantitative estimate of drug-likeness (QED) is 0.503. The Hall–Kier alpha value is -2.55. The van der Waals surface area contributed by atoms with Crippen molar-refractivity contribution in [1.29, 1.82) is 0 Å². The normalized spacial score (nSPS) is 10.9. The van der Waals surface area contributed by atoms with E-state index < -0.39 is 5.91 Å². The summed E-state index contributed by atoms with van der Waals surface area (Å²) in [6.45, 7) is 0. The average molecular weight is 236 g/mol. The Kier molecular flexibility index (Phi) is 2.20. The fourth-order valence-corrected chi connectivity index (χ4v) is 2.20. The van der Waals surface area contributed by atoms with Crippen LogP contribution in [0.1, 0.15) is 10.4 Å². The molecule has 3 rings (SSSR count). The number of hydrogen-bond donors (Lipinski definition) is 2. The van der Waals surface area contributed by atoms with E-state index in [9.17, 15) is 4.79 Å². The van der Waals surface area contributed by atoms with Crippen molar-refractivity contribution in [3.05, 3.63) is 54.1 Å². The minimum absolute atomic E-state index is 0.412. The highest BCUT2D eigenvalue weighted by molar-refractivity contribution is 6.05. The molecule has 0 spiro atoms. The minimum Gasteiger partial charge on any atom is -0.398 e. The van der Waals surface area contributed by atoms with E-state index in [1.807, 2.05) is 36.4 Å². The first-order valence-corrected chi connectivity index (χ1v) is 5.67. The first-order chi connectivity index (χ1) is 8.65. The number of fused-ring (bicyclic) bond motifs is 2. The van der Waals surface area contributed by atoms with E-state index in [2.05, 4.69) is 0 Å². The fraction of sp³-hybridized carbons (Fsp3) is 0. The van der Waals surface area contributed by atoms with Crippen LogP contribution in [0.15, 0.2) is 48.5 Å². The highest BCUT2D eigenvalue weighted by Crippen LogP contribution is 2.27. The second-order valence-corrected chi connectivity index (χ2v) is 4.35. The molecule has 0 fully saturated rings. The molecule has 0 saturated heterocycles. The van der Waals surface area contributed by atoms with Crippen molar-refractivity contribution in [2.24, 2.45) is 5.73 Å². The Morgan fingerprint density at radius 3 is 2.50 bits per heavy atom. The molecule has 0 saturated carbocycles. The van der Waals surface area contributed by atoms with Crippen molar-refractivity contribution >= 4 is 33.1 Å². The van der Waals surface area contributed by atoms with Gasteiger partial charge in [-0.05, 0) is 46.5 Å². The lowest BCUT2D eigenvalue weighted by molar-refractivity contribution is 0.100. The molecule has 0 aromatic heterocycles. The smallest absolute Gasteiger partial charge is 0.248 e. The van der Waals surface area contributed by atoms with Gasteiger partial charge in [-0.1, -0.05) is 18.2 Å². The highest BCUT2D eigenvalue weighted by atomic mass is 16.1. The van der Waals surface area contributed by atoms with Crippen LogP contribution in [0.25, 0.3) is 21.5 Å². The van der Waals surface area contributed by atoms with Crippen molar-refractivity contribution in [2.45, 2.75) is 0 Å². The Morgan fingerprint density at radius 1 is 0.889 bits per heavy atom. The molecule has 0 atom stereocenters. The van der Waals surface area contributed by atoms with Gasteiger partial charge in [0.1, 0.15) is 0 Å². The summed E-state index contributed by atoms with van der Waals surface area (Å²) in [4.78, 5) is 11.2. The predicted octanol–water partition coefficient (Wildman–Crippen LogP) is 2.67. The predicted molar refractivity (Wildman–Crippen MR) is 74.4 cm³/mol. The molecular weight excluding hydrogens is 224 g/mol. The maximum absolute atomic E-state index is 11.2. The van der Waals surface area contributed by atoms with Crippen molar-refractivity contribution in [2.75, 3.05) is 5.73 Å². The molecule has 0 heterocycles. The van der Waals surface area contributed by atoms with Gasteiger partial charge in [-0.25, -0.2) is 0 Å². The zero-order chi connectivity index (χ0) is 12.7. The third-order valence-corrected chi connectivity index (χ3v) is 3.16. The number of nitrogens with two attached hydrogens (primary N) is 2. The fourth-order valence-electron chi connectivity index (χ4n) is 2.20. The second kappa shape index (κ2) is 3.74. The summed E-state index contributed by atoms with van der Waals surface area (Å²) in [5.74, 6) is -0.412. The molecule has 3 aromatic rings. The number of amides is 1. The number of primary amides is 1. The molecule has 88 valence electrons. The zero-order valence-electron chi connectivity index (χ0n) is 9.68. The van der Waals surface area contributed by atoms with E-state index in [-0.39, 0.29) is 0 Å². The van der Waals surface area contributed by atoms with E-state index in [1.54, 1.807) is 12.1 Å². The lowest BCUT2D eigenvalue weighted by Crippen LogP contribution is -2.10. The third kappa shape index (κ3) is 1.57. The number of benzene rings is 3. The van der Waals surface area contributed by atoms with Crippen LogP contribution in [0.2, 0.25) is 0 Å².